The highest BCUT2D eigenvalue weighted by molar-refractivity contribution is 5.49. The van der Waals surface area contributed by atoms with Gasteiger partial charge in [0.05, 0.1) is 6.54 Å². The molecular weight excluding hydrogens is 242 g/mol. The predicted molar refractivity (Wildman–Crippen MR) is 73.2 cm³/mol. The second-order valence-corrected chi connectivity index (χ2v) is 4.80. The highest BCUT2D eigenvalue weighted by atomic mass is 16.1. The standard InChI is InChI=1S/C13H17N5O/c1-18(8-9-3-2-5-15-9)12-10-7-14-6-4-11(10)16-13(19)17-12/h2-3,5,14-15H,4,6-8H2,1H3,(H,16,17,19). The number of rotatable bonds is 3. The first kappa shape index (κ1) is 12.0. The van der Waals surface area contributed by atoms with Crippen molar-refractivity contribution in [1.82, 2.24) is 20.3 Å². The molecule has 19 heavy (non-hydrogen) atoms. The Bertz CT molecular complexity index is 616. The molecule has 0 unspecified atom stereocenters. The van der Waals surface area contributed by atoms with Crippen molar-refractivity contribution in [3.63, 3.8) is 0 Å². The lowest BCUT2D eigenvalue weighted by molar-refractivity contribution is 0.619. The summed E-state index contributed by atoms with van der Waals surface area (Å²) in [6, 6.07) is 3.99. The van der Waals surface area contributed by atoms with E-state index in [2.05, 4.69) is 20.3 Å². The van der Waals surface area contributed by atoms with Gasteiger partial charge in [0.15, 0.2) is 0 Å². The lowest BCUT2D eigenvalue weighted by Gasteiger charge is -2.24. The Kier molecular flexibility index (Phi) is 3.08. The fourth-order valence-corrected chi connectivity index (χ4v) is 2.47. The molecule has 0 atom stereocenters. The van der Waals surface area contributed by atoms with Crippen LogP contribution in [-0.4, -0.2) is 28.5 Å². The summed E-state index contributed by atoms with van der Waals surface area (Å²) >= 11 is 0. The SMILES string of the molecule is CN(Cc1ccc[nH]1)c1nc(=O)[nH]c2c1CNCC2. The van der Waals surface area contributed by atoms with E-state index in [4.69, 9.17) is 0 Å². The summed E-state index contributed by atoms with van der Waals surface area (Å²) in [4.78, 5) is 23.8. The van der Waals surface area contributed by atoms with Gasteiger partial charge in [-0.2, -0.15) is 4.98 Å². The van der Waals surface area contributed by atoms with Gasteiger partial charge in [0, 0.05) is 49.7 Å². The highest BCUT2D eigenvalue weighted by Crippen LogP contribution is 2.21. The van der Waals surface area contributed by atoms with E-state index in [0.29, 0.717) is 6.54 Å². The molecule has 2 aromatic heterocycles. The van der Waals surface area contributed by atoms with Crippen molar-refractivity contribution in [3.05, 3.63) is 45.8 Å². The molecule has 1 aliphatic heterocycles. The summed E-state index contributed by atoms with van der Waals surface area (Å²) in [6.45, 7) is 2.35. The summed E-state index contributed by atoms with van der Waals surface area (Å²) < 4.78 is 0. The Hall–Kier alpha value is -2.08. The molecule has 2 aromatic rings. The maximum atomic E-state index is 11.6. The van der Waals surface area contributed by atoms with Gasteiger partial charge in [-0.3, -0.25) is 0 Å². The van der Waals surface area contributed by atoms with Gasteiger partial charge in [-0.25, -0.2) is 4.79 Å². The molecule has 3 N–H and O–H groups in total. The summed E-state index contributed by atoms with van der Waals surface area (Å²) in [7, 11) is 1.96. The van der Waals surface area contributed by atoms with E-state index in [0.717, 1.165) is 42.3 Å². The number of hydrogen-bond donors (Lipinski definition) is 3. The van der Waals surface area contributed by atoms with Crippen molar-refractivity contribution in [2.24, 2.45) is 0 Å². The normalized spacial score (nSPS) is 14.2. The molecule has 1 aliphatic rings. The molecule has 0 amide bonds. The van der Waals surface area contributed by atoms with Gasteiger partial charge in [0.1, 0.15) is 5.82 Å². The Labute approximate surface area is 110 Å². The minimum absolute atomic E-state index is 0.269. The van der Waals surface area contributed by atoms with Crippen molar-refractivity contribution >= 4 is 5.82 Å². The van der Waals surface area contributed by atoms with Crippen LogP contribution >= 0.6 is 0 Å². The van der Waals surface area contributed by atoms with Crippen LogP contribution in [0.1, 0.15) is 17.0 Å². The number of anilines is 1. The third-order valence-corrected chi connectivity index (χ3v) is 3.38. The molecule has 0 fully saturated rings. The molecular formula is C13H17N5O. The predicted octanol–water partition coefficient (Wildman–Crippen LogP) is 0.380. The summed E-state index contributed by atoms with van der Waals surface area (Å²) in [6.07, 6.45) is 2.74. The van der Waals surface area contributed by atoms with Crippen LogP contribution in [0.15, 0.2) is 23.1 Å². The number of H-pyrrole nitrogens is 2. The number of nitrogens with one attached hydrogen (secondary N) is 3. The third-order valence-electron chi connectivity index (χ3n) is 3.38. The Morgan fingerprint density at radius 3 is 3.16 bits per heavy atom. The van der Waals surface area contributed by atoms with Gasteiger partial charge in [-0.1, -0.05) is 0 Å². The Morgan fingerprint density at radius 1 is 1.47 bits per heavy atom. The second kappa shape index (κ2) is 4.89. The zero-order valence-corrected chi connectivity index (χ0v) is 10.9. The van der Waals surface area contributed by atoms with Crippen LogP contribution in [0.4, 0.5) is 5.82 Å². The van der Waals surface area contributed by atoms with Crippen molar-refractivity contribution in [2.45, 2.75) is 19.5 Å². The Morgan fingerprint density at radius 2 is 2.37 bits per heavy atom. The van der Waals surface area contributed by atoms with Crippen LogP contribution in [0.2, 0.25) is 0 Å². The van der Waals surface area contributed by atoms with Crippen molar-refractivity contribution in [1.29, 1.82) is 0 Å². The first-order valence-corrected chi connectivity index (χ1v) is 6.40. The molecule has 3 heterocycles. The summed E-state index contributed by atoms with van der Waals surface area (Å²) in [5.41, 5.74) is 2.93. The average molecular weight is 259 g/mol. The third kappa shape index (κ3) is 2.39. The van der Waals surface area contributed by atoms with E-state index in [9.17, 15) is 4.79 Å². The molecule has 0 aromatic carbocycles. The fourth-order valence-electron chi connectivity index (χ4n) is 2.47. The Balaban J connectivity index is 1.95. The van der Waals surface area contributed by atoms with Gasteiger partial charge in [0.25, 0.3) is 0 Å². The fraction of sp³-hybridized carbons (Fsp3) is 0.385. The first-order valence-electron chi connectivity index (χ1n) is 6.40. The number of aromatic nitrogens is 3. The molecule has 6 nitrogen and oxygen atoms in total. The van der Waals surface area contributed by atoms with E-state index in [-0.39, 0.29) is 5.69 Å². The lowest BCUT2D eigenvalue weighted by atomic mass is 10.1. The van der Waals surface area contributed by atoms with Gasteiger partial charge in [0.2, 0.25) is 0 Å². The zero-order chi connectivity index (χ0) is 13.2. The number of fused-ring (bicyclic) bond motifs is 1. The molecule has 0 spiro atoms. The topological polar surface area (TPSA) is 76.8 Å². The van der Waals surface area contributed by atoms with Gasteiger partial charge in [-0.15, -0.1) is 0 Å². The summed E-state index contributed by atoms with van der Waals surface area (Å²) in [5, 5.41) is 3.32. The minimum Gasteiger partial charge on any atom is -0.364 e. The van der Waals surface area contributed by atoms with Crippen LogP contribution in [0, 0.1) is 0 Å². The molecule has 100 valence electrons. The van der Waals surface area contributed by atoms with E-state index in [1.807, 2.05) is 30.3 Å². The molecule has 0 aliphatic carbocycles. The number of nitrogens with zero attached hydrogens (tertiary/aromatic N) is 2. The molecule has 0 saturated heterocycles. The van der Waals surface area contributed by atoms with Crippen LogP contribution < -0.4 is 15.9 Å². The maximum absolute atomic E-state index is 11.6. The van der Waals surface area contributed by atoms with Gasteiger partial charge < -0.3 is 20.2 Å². The minimum atomic E-state index is -0.269. The van der Waals surface area contributed by atoms with E-state index >= 15 is 0 Å². The smallest absolute Gasteiger partial charge is 0.347 e. The van der Waals surface area contributed by atoms with Crippen molar-refractivity contribution < 1.29 is 0 Å². The van der Waals surface area contributed by atoms with Gasteiger partial charge in [-0.05, 0) is 12.1 Å². The molecule has 0 bridgehead atoms. The summed E-state index contributed by atoms with van der Waals surface area (Å²) in [5.74, 6) is 0.764. The van der Waals surface area contributed by atoms with Gasteiger partial charge >= 0.3 is 5.69 Å². The number of aromatic amines is 2. The van der Waals surface area contributed by atoms with E-state index in [1.54, 1.807) is 0 Å². The van der Waals surface area contributed by atoms with Crippen LogP contribution in [0.25, 0.3) is 0 Å². The second-order valence-electron chi connectivity index (χ2n) is 4.80. The van der Waals surface area contributed by atoms with Crippen LogP contribution in [0.5, 0.6) is 0 Å². The largest absolute Gasteiger partial charge is 0.364 e. The van der Waals surface area contributed by atoms with E-state index < -0.39 is 0 Å². The molecule has 6 heteroatoms. The van der Waals surface area contributed by atoms with Crippen LogP contribution in [-0.2, 0) is 19.5 Å². The molecule has 3 rings (SSSR count). The van der Waals surface area contributed by atoms with E-state index in [1.165, 1.54) is 0 Å². The van der Waals surface area contributed by atoms with Crippen LogP contribution in [0.3, 0.4) is 0 Å². The quantitative estimate of drug-likeness (QED) is 0.745. The molecule has 0 saturated carbocycles. The average Bonchev–Trinajstić information content (AvgIpc) is 2.90. The number of hydrogen-bond acceptors (Lipinski definition) is 4. The monoisotopic (exact) mass is 259 g/mol. The molecule has 0 radical (unpaired) electrons. The zero-order valence-electron chi connectivity index (χ0n) is 10.9. The highest BCUT2D eigenvalue weighted by Gasteiger charge is 2.18. The van der Waals surface area contributed by atoms with Crippen molar-refractivity contribution in [2.75, 3.05) is 18.5 Å². The first-order chi connectivity index (χ1) is 9.24. The lowest BCUT2D eigenvalue weighted by Crippen LogP contribution is -2.32. The maximum Gasteiger partial charge on any atom is 0.347 e. The van der Waals surface area contributed by atoms with Crippen molar-refractivity contribution in [3.8, 4) is 0 Å².